The van der Waals surface area contributed by atoms with E-state index < -0.39 is 10.0 Å². The van der Waals surface area contributed by atoms with Crippen molar-refractivity contribution in [3.05, 3.63) is 107 Å². The Hall–Kier alpha value is -3.57. The van der Waals surface area contributed by atoms with Crippen molar-refractivity contribution in [1.29, 1.82) is 0 Å². The summed E-state index contributed by atoms with van der Waals surface area (Å²) in [5.41, 5.74) is 3.78. The van der Waals surface area contributed by atoms with Crippen LogP contribution in [0.4, 0.5) is 0 Å². The number of para-hydroxylation sites is 1. The van der Waals surface area contributed by atoms with Gasteiger partial charge in [0.25, 0.3) is 5.91 Å². The van der Waals surface area contributed by atoms with Gasteiger partial charge in [0.05, 0.1) is 21.5 Å². The highest BCUT2D eigenvalue weighted by Gasteiger charge is 2.36. The van der Waals surface area contributed by atoms with Gasteiger partial charge in [-0.25, -0.2) is 13.1 Å². The highest BCUT2D eigenvalue weighted by molar-refractivity contribution is 8.26. The molecule has 10 heteroatoms. The van der Waals surface area contributed by atoms with Gasteiger partial charge in [-0.2, -0.15) is 9.40 Å². The topological polar surface area (TPSA) is 75.5 Å². The lowest BCUT2D eigenvalue weighted by Gasteiger charge is -2.26. The first-order valence-electron chi connectivity index (χ1n) is 13.9. The van der Waals surface area contributed by atoms with Gasteiger partial charge in [-0.3, -0.25) is 9.69 Å². The fourth-order valence-corrected chi connectivity index (χ4v) is 8.30. The van der Waals surface area contributed by atoms with Crippen LogP contribution in [0.3, 0.4) is 0 Å². The van der Waals surface area contributed by atoms with Crippen molar-refractivity contribution < 1.29 is 13.2 Å². The van der Waals surface area contributed by atoms with E-state index in [0.29, 0.717) is 39.1 Å². The number of rotatable bonds is 7. The fraction of sp³-hybridized carbons (Fsp3) is 0.219. The van der Waals surface area contributed by atoms with Crippen LogP contribution in [-0.4, -0.2) is 50.7 Å². The molecule has 0 spiro atoms. The molecule has 3 aromatic carbocycles. The number of amides is 1. The molecule has 4 aromatic rings. The van der Waals surface area contributed by atoms with Crippen LogP contribution in [0.5, 0.6) is 0 Å². The molecule has 7 nitrogen and oxygen atoms in total. The van der Waals surface area contributed by atoms with Crippen LogP contribution in [0, 0.1) is 0 Å². The van der Waals surface area contributed by atoms with Gasteiger partial charge >= 0.3 is 0 Å². The molecule has 1 amide bonds. The summed E-state index contributed by atoms with van der Waals surface area (Å²) in [5.74, 6) is -0.166. The Bertz CT molecular complexity index is 1760. The SMILES string of the molecule is CC(c1ccccc1)N1C(=O)/C(=C/c2cn(-c3ccccc3)nc2-c2cccc(S(=O)(=O)N3CCCCC3)c2)SC1=S. The second-order valence-electron chi connectivity index (χ2n) is 10.3. The Kier molecular flexibility index (Phi) is 8.13. The van der Waals surface area contributed by atoms with Crippen molar-refractivity contribution in [3.8, 4) is 16.9 Å². The van der Waals surface area contributed by atoms with Crippen LogP contribution < -0.4 is 0 Å². The number of hydrogen-bond donors (Lipinski definition) is 0. The normalized spacial score (nSPS) is 18.1. The van der Waals surface area contributed by atoms with Gasteiger partial charge in [0.2, 0.25) is 10.0 Å². The average Bonchev–Trinajstić information content (AvgIpc) is 3.58. The largest absolute Gasteiger partial charge is 0.286 e. The molecule has 0 N–H and O–H groups in total. The number of carbonyl (C=O) groups excluding carboxylic acids is 1. The highest BCUT2D eigenvalue weighted by Crippen LogP contribution is 2.39. The van der Waals surface area contributed by atoms with Gasteiger partial charge in [0, 0.05) is 30.4 Å². The molecule has 2 aliphatic heterocycles. The van der Waals surface area contributed by atoms with Crippen molar-refractivity contribution in [2.75, 3.05) is 13.1 Å². The summed E-state index contributed by atoms with van der Waals surface area (Å²) in [6, 6.07) is 26.2. The summed E-state index contributed by atoms with van der Waals surface area (Å²) in [4.78, 5) is 16.0. The van der Waals surface area contributed by atoms with E-state index in [1.165, 1.54) is 11.8 Å². The number of carbonyl (C=O) groups is 1. The molecule has 42 heavy (non-hydrogen) atoms. The van der Waals surface area contributed by atoms with E-state index in [9.17, 15) is 13.2 Å². The molecular formula is C32H30N4O3S3. The number of nitrogens with zero attached hydrogens (tertiary/aromatic N) is 4. The summed E-state index contributed by atoms with van der Waals surface area (Å²) in [7, 11) is -3.63. The van der Waals surface area contributed by atoms with Crippen molar-refractivity contribution in [3.63, 3.8) is 0 Å². The maximum atomic E-state index is 13.7. The molecule has 1 unspecified atom stereocenters. The van der Waals surface area contributed by atoms with Crippen molar-refractivity contribution in [1.82, 2.24) is 19.0 Å². The van der Waals surface area contributed by atoms with E-state index in [1.54, 1.807) is 32.1 Å². The lowest BCUT2D eigenvalue weighted by atomic mass is 10.1. The Labute approximate surface area is 255 Å². The summed E-state index contributed by atoms with van der Waals surface area (Å²) in [6.45, 7) is 3.03. The van der Waals surface area contributed by atoms with Crippen LogP contribution in [0.15, 0.2) is 101 Å². The van der Waals surface area contributed by atoms with E-state index in [2.05, 4.69) is 0 Å². The minimum absolute atomic E-state index is 0.166. The lowest BCUT2D eigenvalue weighted by Crippen LogP contribution is -2.35. The van der Waals surface area contributed by atoms with Gasteiger partial charge in [-0.05, 0) is 55.7 Å². The summed E-state index contributed by atoms with van der Waals surface area (Å²) < 4.78 is 30.8. The Morgan fingerprint density at radius 3 is 2.33 bits per heavy atom. The van der Waals surface area contributed by atoms with Crippen molar-refractivity contribution in [2.24, 2.45) is 0 Å². The van der Waals surface area contributed by atoms with Gasteiger partial charge < -0.3 is 0 Å². The molecule has 214 valence electrons. The van der Waals surface area contributed by atoms with Gasteiger partial charge in [0.15, 0.2) is 0 Å². The first-order valence-corrected chi connectivity index (χ1v) is 16.6. The fourth-order valence-electron chi connectivity index (χ4n) is 5.32. The summed E-state index contributed by atoms with van der Waals surface area (Å²) in [6.07, 6.45) is 6.45. The molecule has 0 saturated carbocycles. The molecule has 1 atom stereocenters. The number of thiocarbonyl (C=S) groups is 1. The second kappa shape index (κ2) is 12.0. The molecule has 0 aliphatic carbocycles. The maximum absolute atomic E-state index is 13.7. The molecule has 2 fully saturated rings. The van der Waals surface area contributed by atoms with Crippen molar-refractivity contribution in [2.45, 2.75) is 37.1 Å². The first kappa shape index (κ1) is 28.5. The predicted octanol–water partition coefficient (Wildman–Crippen LogP) is 6.68. The third-order valence-corrected chi connectivity index (χ3v) is 10.8. The Morgan fingerprint density at radius 1 is 0.929 bits per heavy atom. The van der Waals surface area contributed by atoms with Gasteiger partial charge in [-0.1, -0.05) is 91.1 Å². The van der Waals surface area contributed by atoms with E-state index >= 15 is 0 Å². The van der Waals surface area contributed by atoms with E-state index in [-0.39, 0.29) is 16.8 Å². The minimum Gasteiger partial charge on any atom is -0.286 e. The van der Waals surface area contributed by atoms with E-state index in [0.717, 1.165) is 30.5 Å². The molecule has 2 saturated heterocycles. The third-order valence-electron chi connectivity index (χ3n) is 7.60. The minimum atomic E-state index is -3.63. The van der Waals surface area contributed by atoms with Crippen LogP contribution in [0.25, 0.3) is 23.0 Å². The number of hydrogen-bond acceptors (Lipinski definition) is 6. The highest BCUT2D eigenvalue weighted by atomic mass is 32.2. The number of thioether (sulfide) groups is 1. The lowest BCUT2D eigenvalue weighted by molar-refractivity contribution is -0.123. The Balaban J connectivity index is 1.40. The first-order chi connectivity index (χ1) is 20.3. The molecule has 2 aliphatic rings. The number of piperidine rings is 1. The zero-order valence-electron chi connectivity index (χ0n) is 23.1. The predicted molar refractivity (Wildman–Crippen MR) is 171 cm³/mol. The van der Waals surface area contributed by atoms with E-state index in [4.69, 9.17) is 17.3 Å². The Morgan fingerprint density at radius 2 is 1.62 bits per heavy atom. The van der Waals surface area contributed by atoms with Crippen molar-refractivity contribution >= 4 is 50.3 Å². The summed E-state index contributed by atoms with van der Waals surface area (Å²) in [5, 5.41) is 4.87. The van der Waals surface area contributed by atoms with Crippen LogP contribution in [0.2, 0.25) is 0 Å². The zero-order chi connectivity index (χ0) is 29.3. The monoisotopic (exact) mass is 614 g/mol. The number of aromatic nitrogens is 2. The number of benzene rings is 3. The zero-order valence-corrected chi connectivity index (χ0v) is 25.5. The smallest absolute Gasteiger partial charge is 0.266 e. The third kappa shape index (κ3) is 5.59. The maximum Gasteiger partial charge on any atom is 0.266 e. The van der Waals surface area contributed by atoms with Crippen LogP contribution in [-0.2, 0) is 14.8 Å². The standard InChI is InChI=1S/C32H30N4O3S3/c1-23(24-12-5-2-6-13-24)36-31(37)29(41-32(36)40)21-26-22-35(27-15-7-3-8-16-27)33-30(26)25-14-11-17-28(20-25)42(38,39)34-18-9-4-10-19-34/h2-3,5-8,11-17,20-23H,4,9-10,18-19H2,1H3/b29-21-. The number of sulfonamides is 1. The molecule has 1 aromatic heterocycles. The van der Waals surface area contributed by atoms with Gasteiger partial charge in [-0.15, -0.1) is 0 Å². The van der Waals surface area contributed by atoms with Gasteiger partial charge in [0.1, 0.15) is 10.0 Å². The molecule has 0 radical (unpaired) electrons. The molecular weight excluding hydrogens is 585 g/mol. The molecule has 0 bridgehead atoms. The van der Waals surface area contributed by atoms with Crippen LogP contribution >= 0.6 is 24.0 Å². The summed E-state index contributed by atoms with van der Waals surface area (Å²) >= 11 is 6.91. The molecule has 3 heterocycles. The molecule has 6 rings (SSSR count). The van der Waals surface area contributed by atoms with Crippen LogP contribution in [0.1, 0.15) is 43.4 Å². The second-order valence-corrected chi connectivity index (χ2v) is 14.0. The average molecular weight is 615 g/mol. The quantitative estimate of drug-likeness (QED) is 0.171. The van der Waals surface area contributed by atoms with E-state index in [1.807, 2.05) is 85.9 Å².